The summed E-state index contributed by atoms with van der Waals surface area (Å²) in [5.74, 6) is 0.586. The number of alkyl halides is 6. The van der Waals surface area contributed by atoms with Gasteiger partial charge in [-0.3, -0.25) is 9.36 Å². The number of aliphatic hydroxyl groups is 1. The molecule has 224 valence electrons. The Hall–Kier alpha value is -4.65. The molecule has 0 aliphatic carbocycles. The summed E-state index contributed by atoms with van der Waals surface area (Å²) in [6.45, 7) is 0.999. The van der Waals surface area contributed by atoms with Gasteiger partial charge in [0.25, 0.3) is 11.2 Å². The van der Waals surface area contributed by atoms with Crippen LogP contribution in [0.4, 0.5) is 26.3 Å². The van der Waals surface area contributed by atoms with Crippen LogP contribution in [0.15, 0.2) is 96.3 Å². The summed E-state index contributed by atoms with van der Waals surface area (Å²) in [5.41, 5.74) is -6.07. The molecule has 0 radical (unpaired) electrons. The van der Waals surface area contributed by atoms with Crippen LogP contribution in [0.1, 0.15) is 23.4 Å². The molecule has 0 aliphatic heterocycles. The van der Waals surface area contributed by atoms with E-state index in [1.54, 1.807) is 55.0 Å². The molecule has 0 unspecified atom stereocenters. The molecule has 43 heavy (non-hydrogen) atoms. The van der Waals surface area contributed by atoms with Crippen molar-refractivity contribution in [1.82, 2.24) is 19.1 Å². The van der Waals surface area contributed by atoms with Crippen LogP contribution in [-0.4, -0.2) is 43.2 Å². The first-order valence-electron chi connectivity index (χ1n) is 13.0. The summed E-state index contributed by atoms with van der Waals surface area (Å²) in [6.07, 6.45) is -6.14. The van der Waals surface area contributed by atoms with Crippen molar-refractivity contribution >= 4 is 10.9 Å². The first kappa shape index (κ1) is 29.8. The topological polar surface area (TPSA) is 82.2 Å². The van der Waals surface area contributed by atoms with E-state index >= 15 is 0 Å². The second-order valence-corrected chi connectivity index (χ2v) is 9.77. The van der Waals surface area contributed by atoms with Crippen molar-refractivity contribution in [1.29, 1.82) is 0 Å². The van der Waals surface area contributed by atoms with Crippen LogP contribution in [-0.2, 0) is 18.6 Å². The lowest BCUT2D eigenvalue weighted by Crippen LogP contribution is -2.53. The third-order valence-corrected chi connectivity index (χ3v) is 6.87. The summed E-state index contributed by atoms with van der Waals surface area (Å²) in [7, 11) is 0. The van der Waals surface area contributed by atoms with Gasteiger partial charge in [0.05, 0.1) is 29.5 Å². The number of hydrogen-bond acceptors (Lipinski definition) is 5. The molecule has 0 fully saturated rings. The maximum absolute atomic E-state index is 13.8. The summed E-state index contributed by atoms with van der Waals surface area (Å²) < 4.78 is 89.4. The van der Waals surface area contributed by atoms with Gasteiger partial charge in [0.1, 0.15) is 11.6 Å². The summed E-state index contributed by atoms with van der Waals surface area (Å²) in [6, 6.07) is 16.5. The number of ether oxygens (including phenoxy) is 1. The molecule has 0 bridgehead atoms. The van der Waals surface area contributed by atoms with Crippen molar-refractivity contribution in [3.8, 4) is 11.4 Å². The second kappa shape index (κ2) is 11.6. The van der Waals surface area contributed by atoms with Crippen molar-refractivity contribution in [2.24, 2.45) is 0 Å². The van der Waals surface area contributed by atoms with Crippen LogP contribution in [0, 0.1) is 0 Å². The second-order valence-electron chi connectivity index (χ2n) is 9.77. The quantitative estimate of drug-likeness (QED) is 0.167. The van der Waals surface area contributed by atoms with Gasteiger partial charge in [-0.15, -0.1) is 0 Å². The largest absolute Gasteiger partial charge is 0.494 e. The smallest absolute Gasteiger partial charge is 0.430 e. The third-order valence-electron chi connectivity index (χ3n) is 6.87. The molecule has 7 nitrogen and oxygen atoms in total. The SMILES string of the molecule is O=c1c2cc(OCCCn3ccnc3)ccc2nc(Cc2ccccc2)n1-c1ccc(C(O)(C(F)(F)F)C(F)(F)F)cc1. The fourth-order valence-electron chi connectivity index (χ4n) is 4.66. The maximum atomic E-state index is 13.8. The molecular formula is C30H24F6N4O3. The van der Waals surface area contributed by atoms with Gasteiger partial charge in [0.15, 0.2) is 0 Å². The number of benzene rings is 3. The molecule has 3 aromatic carbocycles. The lowest BCUT2D eigenvalue weighted by atomic mass is 9.92. The van der Waals surface area contributed by atoms with E-state index in [-0.39, 0.29) is 23.3 Å². The molecule has 5 aromatic rings. The standard InChI is InChI=1S/C30H24F6N4O3/c31-29(32,33)28(42,30(34,35)36)21-7-9-22(10-8-21)40-26(17-20-5-2-1-3-6-20)38-25-12-11-23(18-24(25)27(40)41)43-16-4-14-39-15-13-37-19-39/h1-3,5-13,15,18-19,42H,4,14,16-17H2. The summed E-state index contributed by atoms with van der Waals surface area (Å²) in [5, 5.41) is 9.92. The zero-order valence-electron chi connectivity index (χ0n) is 22.3. The number of halogens is 6. The minimum absolute atomic E-state index is 0.0348. The van der Waals surface area contributed by atoms with E-state index in [0.717, 1.165) is 22.3 Å². The Bertz CT molecular complexity index is 1740. The van der Waals surface area contributed by atoms with Gasteiger partial charge >= 0.3 is 12.4 Å². The number of aryl methyl sites for hydroxylation is 1. The van der Waals surface area contributed by atoms with Gasteiger partial charge in [0, 0.05) is 30.9 Å². The van der Waals surface area contributed by atoms with E-state index in [2.05, 4.69) is 9.97 Å². The number of fused-ring (bicyclic) bond motifs is 1. The Morgan fingerprint density at radius 1 is 0.884 bits per heavy atom. The van der Waals surface area contributed by atoms with Crippen LogP contribution < -0.4 is 10.3 Å². The molecule has 0 atom stereocenters. The number of aromatic nitrogens is 4. The predicted octanol–water partition coefficient (Wildman–Crippen LogP) is 5.95. The van der Waals surface area contributed by atoms with Gasteiger partial charge in [-0.25, -0.2) is 9.97 Å². The van der Waals surface area contributed by atoms with Crippen molar-refractivity contribution in [2.45, 2.75) is 37.3 Å². The highest BCUT2D eigenvalue weighted by Crippen LogP contribution is 2.50. The van der Waals surface area contributed by atoms with Crippen LogP contribution in [0.3, 0.4) is 0 Å². The number of imidazole rings is 1. The van der Waals surface area contributed by atoms with Crippen molar-refractivity contribution in [3.05, 3.63) is 119 Å². The van der Waals surface area contributed by atoms with Gasteiger partial charge in [-0.2, -0.15) is 26.3 Å². The molecule has 0 saturated carbocycles. The van der Waals surface area contributed by atoms with Gasteiger partial charge in [0.2, 0.25) is 0 Å². The van der Waals surface area contributed by atoms with E-state index in [9.17, 15) is 36.2 Å². The Kier molecular flexibility index (Phi) is 8.02. The van der Waals surface area contributed by atoms with Crippen LogP contribution in [0.2, 0.25) is 0 Å². The van der Waals surface area contributed by atoms with Crippen molar-refractivity contribution < 1.29 is 36.2 Å². The van der Waals surface area contributed by atoms with E-state index in [4.69, 9.17) is 4.74 Å². The highest BCUT2D eigenvalue weighted by atomic mass is 19.4. The molecule has 5 rings (SSSR count). The lowest BCUT2D eigenvalue weighted by Gasteiger charge is -2.32. The average Bonchev–Trinajstić information content (AvgIpc) is 3.49. The lowest BCUT2D eigenvalue weighted by molar-refractivity contribution is -0.376. The Balaban J connectivity index is 1.54. The van der Waals surface area contributed by atoms with E-state index in [1.807, 2.05) is 10.8 Å². The fourth-order valence-corrected chi connectivity index (χ4v) is 4.66. The number of nitrogens with zero attached hydrogens (tertiary/aromatic N) is 4. The number of hydrogen-bond donors (Lipinski definition) is 1. The van der Waals surface area contributed by atoms with Crippen LogP contribution in [0.25, 0.3) is 16.6 Å². The molecule has 0 saturated heterocycles. The molecule has 0 spiro atoms. The molecule has 0 aliphatic rings. The average molecular weight is 603 g/mol. The van der Waals surface area contributed by atoms with Gasteiger partial charge in [-0.1, -0.05) is 42.5 Å². The predicted molar refractivity (Wildman–Crippen MR) is 145 cm³/mol. The monoisotopic (exact) mass is 602 g/mol. The fraction of sp³-hybridized carbons (Fsp3) is 0.233. The highest BCUT2D eigenvalue weighted by molar-refractivity contribution is 5.79. The van der Waals surface area contributed by atoms with Gasteiger partial charge in [-0.05, 0) is 42.3 Å². The molecular weight excluding hydrogens is 578 g/mol. The highest BCUT2D eigenvalue weighted by Gasteiger charge is 2.71. The molecule has 2 heterocycles. The van der Waals surface area contributed by atoms with Crippen molar-refractivity contribution in [3.63, 3.8) is 0 Å². The first-order chi connectivity index (χ1) is 20.4. The Morgan fingerprint density at radius 2 is 1.58 bits per heavy atom. The normalized spacial score (nSPS) is 12.5. The first-order valence-corrected chi connectivity index (χ1v) is 13.0. The molecule has 1 N–H and O–H groups in total. The zero-order valence-corrected chi connectivity index (χ0v) is 22.3. The molecule has 13 heteroatoms. The Morgan fingerprint density at radius 3 is 2.21 bits per heavy atom. The minimum Gasteiger partial charge on any atom is -0.494 e. The third kappa shape index (κ3) is 5.98. The summed E-state index contributed by atoms with van der Waals surface area (Å²) >= 11 is 0. The van der Waals surface area contributed by atoms with Gasteiger partial charge < -0.3 is 14.4 Å². The zero-order chi connectivity index (χ0) is 30.8. The van der Waals surface area contributed by atoms with Crippen LogP contribution in [0.5, 0.6) is 5.75 Å². The Labute approximate surface area is 240 Å². The van der Waals surface area contributed by atoms with E-state index in [1.165, 1.54) is 6.07 Å². The van der Waals surface area contributed by atoms with Crippen LogP contribution >= 0.6 is 0 Å². The molecule has 2 aromatic heterocycles. The summed E-state index contributed by atoms with van der Waals surface area (Å²) in [4.78, 5) is 22.4. The van der Waals surface area contributed by atoms with Crippen molar-refractivity contribution in [2.75, 3.05) is 6.61 Å². The molecule has 0 amide bonds. The minimum atomic E-state index is -6.04. The van der Waals surface area contributed by atoms with E-state index < -0.39 is 29.1 Å². The number of rotatable bonds is 9. The van der Waals surface area contributed by atoms with E-state index in [0.29, 0.717) is 43.0 Å². The maximum Gasteiger partial charge on any atom is 0.430 e.